The number of amides is 2. The van der Waals surface area contributed by atoms with E-state index in [-0.39, 0.29) is 11.8 Å². The molecule has 2 heterocycles. The highest BCUT2D eigenvalue weighted by Gasteiger charge is 2.44. The maximum Gasteiger partial charge on any atom is 0.227 e. The van der Waals surface area contributed by atoms with Gasteiger partial charge in [0.25, 0.3) is 0 Å². The van der Waals surface area contributed by atoms with E-state index in [0.29, 0.717) is 32.4 Å². The highest BCUT2D eigenvalue weighted by molar-refractivity contribution is 7.13. The fraction of sp³-hybridized carbons (Fsp3) is 0.280. The fourth-order valence-electron chi connectivity index (χ4n) is 4.17. The van der Waals surface area contributed by atoms with Crippen molar-refractivity contribution >= 4 is 23.2 Å². The molecular weight excluding hydrogens is 408 g/mol. The number of nitrogens with zero attached hydrogens (tertiary/aromatic N) is 1. The Bertz CT molecular complexity index is 1050. The van der Waals surface area contributed by atoms with Gasteiger partial charge in [-0.1, -0.05) is 42.5 Å². The van der Waals surface area contributed by atoms with Gasteiger partial charge in [0.1, 0.15) is 5.75 Å². The molecule has 1 atom stereocenters. The van der Waals surface area contributed by atoms with Crippen molar-refractivity contribution in [2.45, 2.75) is 19.3 Å². The lowest BCUT2D eigenvalue weighted by Gasteiger charge is -2.26. The molecule has 5 nitrogen and oxygen atoms in total. The van der Waals surface area contributed by atoms with Gasteiger partial charge >= 0.3 is 0 Å². The summed E-state index contributed by atoms with van der Waals surface area (Å²) in [5.41, 5.74) is 8.27. The Balaban J connectivity index is 1.43. The molecule has 2 N–H and O–H groups in total. The highest BCUT2D eigenvalue weighted by Crippen LogP contribution is 2.35. The van der Waals surface area contributed by atoms with Crippen molar-refractivity contribution < 1.29 is 14.3 Å². The number of primary amides is 1. The molecule has 3 aromatic rings. The van der Waals surface area contributed by atoms with Crippen LogP contribution in [0.3, 0.4) is 0 Å². The van der Waals surface area contributed by atoms with Gasteiger partial charge in [-0.05, 0) is 53.1 Å². The third kappa shape index (κ3) is 4.64. The summed E-state index contributed by atoms with van der Waals surface area (Å²) in [6.45, 7) is 0.912. The van der Waals surface area contributed by atoms with Gasteiger partial charge in [0.15, 0.2) is 0 Å². The van der Waals surface area contributed by atoms with Gasteiger partial charge in [-0.2, -0.15) is 0 Å². The highest BCUT2D eigenvalue weighted by atomic mass is 32.1. The number of thiophene rings is 1. The Labute approximate surface area is 186 Å². The average Bonchev–Trinajstić information content (AvgIpc) is 3.46. The fourth-order valence-corrected chi connectivity index (χ4v) is 4.90. The van der Waals surface area contributed by atoms with Crippen LogP contribution in [0, 0.1) is 5.41 Å². The standard InChI is InChI=1S/C25H26N2O3S/c1-30-21-10-6-18(7-11-21)15-23(28)27-13-12-25(17-27,24(26)29)16-19-4-8-20(9-5-19)22-3-2-14-31-22/h2-11,14H,12-13,15-17H2,1H3,(H2,26,29)/t25-/m0/s1. The topological polar surface area (TPSA) is 72.6 Å². The number of rotatable bonds is 7. The maximum absolute atomic E-state index is 12.9. The van der Waals surface area contributed by atoms with Gasteiger partial charge < -0.3 is 15.4 Å². The Morgan fingerprint density at radius 3 is 2.39 bits per heavy atom. The molecule has 160 valence electrons. The molecule has 31 heavy (non-hydrogen) atoms. The quantitative estimate of drug-likeness (QED) is 0.613. The van der Waals surface area contributed by atoms with E-state index < -0.39 is 5.41 Å². The van der Waals surface area contributed by atoms with Crippen molar-refractivity contribution in [1.82, 2.24) is 4.90 Å². The van der Waals surface area contributed by atoms with Crippen molar-refractivity contribution in [3.8, 4) is 16.2 Å². The minimum Gasteiger partial charge on any atom is -0.497 e. The largest absolute Gasteiger partial charge is 0.497 e. The molecule has 1 saturated heterocycles. The van der Waals surface area contributed by atoms with Crippen LogP contribution in [0.25, 0.3) is 10.4 Å². The zero-order valence-electron chi connectivity index (χ0n) is 17.5. The monoisotopic (exact) mass is 434 g/mol. The molecule has 1 aromatic heterocycles. The van der Waals surface area contributed by atoms with Gasteiger partial charge in [0.05, 0.1) is 18.9 Å². The summed E-state index contributed by atoms with van der Waals surface area (Å²) in [6.07, 6.45) is 1.43. The molecular formula is C25H26N2O3S. The first kappa shape index (κ1) is 21.1. The first-order valence-corrected chi connectivity index (χ1v) is 11.2. The predicted molar refractivity (Wildman–Crippen MR) is 123 cm³/mol. The third-order valence-electron chi connectivity index (χ3n) is 6.05. The average molecular weight is 435 g/mol. The molecule has 0 unspecified atom stereocenters. The summed E-state index contributed by atoms with van der Waals surface area (Å²) in [7, 11) is 1.61. The molecule has 2 aromatic carbocycles. The summed E-state index contributed by atoms with van der Waals surface area (Å²) >= 11 is 1.70. The van der Waals surface area contributed by atoms with Crippen molar-refractivity contribution in [3.63, 3.8) is 0 Å². The number of hydrogen-bond acceptors (Lipinski definition) is 4. The Morgan fingerprint density at radius 1 is 1.06 bits per heavy atom. The van der Waals surface area contributed by atoms with Crippen LogP contribution in [0.5, 0.6) is 5.75 Å². The SMILES string of the molecule is COc1ccc(CC(=O)N2CC[C@@](Cc3ccc(-c4cccs4)cc3)(C(N)=O)C2)cc1. The van der Waals surface area contributed by atoms with E-state index in [1.165, 1.54) is 4.88 Å². The van der Waals surface area contributed by atoms with Crippen LogP contribution in [0.1, 0.15) is 17.5 Å². The van der Waals surface area contributed by atoms with Gasteiger partial charge in [-0.3, -0.25) is 9.59 Å². The van der Waals surface area contributed by atoms with Crippen LogP contribution >= 0.6 is 11.3 Å². The van der Waals surface area contributed by atoms with Crippen LogP contribution in [-0.4, -0.2) is 36.9 Å². The van der Waals surface area contributed by atoms with E-state index in [1.807, 2.05) is 30.3 Å². The van der Waals surface area contributed by atoms with E-state index in [2.05, 4.69) is 35.7 Å². The zero-order chi connectivity index (χ0) is 21.8. The summed E-state index contributed by atoms with van der Waals surface area (Å²) in [4.78, 5) is 28.3. The molecule has 0 saturated carbocycles. The number of carbonyl (C=O) groups is 2. The lowest BCUT2D eigenvalue weighted by atomic mass is 9.80. The van der Waals surface area contributed by atoms with Crippen LogP contribution in [0.4, 0.5) is 0 Å². The number of hydrogen-bond donors (Lipinski definition) is 1. The number of nitrogens with two attached hydrogens (primary N) is 1. The molecule has 1 fully saturated rings. The predicted octanol–water partition coefficient (Wildman–Crippen LogP) is 3.91. The van der Waals surface area contributed by atoms with Gasteiger partial charge in [0.2, 0.25) is 11.8 Å². The van der Waals surface area contributed by atoms with E-state index in [1.54, 1.807) is 23.3 Å². The number of likely N-dealkylation sites (tertiary alicyclic amines) is 1. The van der Waals surface area contributed by atoms with Crippen LogP contribution in [0.2, 0.25) is 0 Å². The van der Waals surface area contributed by atoms with Crippen LogP contribution in [-0.2, 0) is 22.4 Å². The summed E-state index contributed by atoms with van der Waals surface area (Å²) in [5, 5.41) is 2.06. The molecule has 2 amide bonds. The van der Waals surface area contributed by atoms with E-state index >= 15 is 0 Å². The van der Waals surface area contributed by atoms with Gasteiger partial charge in [0, 0.05) is 18.0 Å². The van der Waals surface area contributed by atoms with E-state index in [0.717, 1.165) is 22.4 Å². The zero-order valence-corrected chi connectivity index (χ0v) is 18.4. The molecule has 1 aliphatic heterocycles. The van der Waals surface area contributed by atoms with Crippen molar-refractivity contribution in [2.75, 3.05) is 20.2 Å². The molecule has 0 bridgehead atoms. The second-order valence-corrected chi connectivity index (χ2v) is 9.03. The Hall–Kier alpha value is -3.12. The van der Waals surface area contributed by atoms with Gasteiger partial charge in [-0.15, -0.1) is 11.3 Å². The summed E-state index contributed by atoms with van der Waals surface area (Å²) in [6, 6.07) is 19.9. The summed E-state index contributed by atoms with van der Waals surface area (Å²) in [5.74, 6) is 0.436. The smallest absolute Gasteiger partial charge is 0.227 e. The van der Waals surface area contributed by atoms with Crippen molar-refractivity contribution in [2.24, 2.45) is 11.1 Å². The van der Waals surface area contributed by atoms with Crippen molar-refractivity contribution in [3.05, 3.63) is 77.2 Å². The first-order valence-electron chi connectivity index (χ1n) is 10.3. The Kier molecular flexibility index (Phi) is 6.09. The molecule has 4 rings (SSSR count). The van der Waals surface area contributed by atoms with Crippen molar-refractivity contribution in [1.29, 1.82) is 0 Å². The Morgan fingerprint density at radius 2 is 1.77 bits per heavy atom. The number of carbonyl (C=O) groups excluding carboxylic acids is 2. The second-order valence-electron chi connectivity index (χ2n) is 8.09. The first-order chi connectivity index (χ1) is 15.0. The molecule has 0 spiro atoms. The maximum atomic E-state index is 12.9. The minimum atomic E-state index is -0.722. The van der Waals surface area contributed by atoms with Crippen LogP contribution in [0.15, 0.2) is 66.0 Å². The molecule has 6 heteroatoms. The number of benzene rings is 2. The van der Waals surface area contributed by atoms with Gasteiger partial charge in [-0.25, -0.2) is 0 Å². The van der Waals surface area contributed by atoms with E-state index in [9.17, 15) is 9.59 Å². The lowest BCUT2D eigenvalue weighted by molar-refractivity contribution is -0.131. The van der Waals surface area contributed by atoms with E-state index in [4.69, 9.17) is 10.5 Å². The third-order valence-corrected chi connectivity index (χ3v) is 6.96. The number of methoxy groups -OCH3 is 1. The molecule has 0 aliphatic carbocycles. The lowest BCUT2D eigenvalue weighted by Crippen LogP contribution is -2.42. The molecule has 0 radical (unpaired) electrons. The number of ether oxygens (including phenoxy) is 1. The normalized spacial score (nSPS) is 18.2. The second kappa shape index (κ2) is 8.94. The molecule has 1 aliphatic rings. The minimum absolute atomic E-state index is 0.0151. The van der Waals surface area contributed by atoms with Crippen LogP contribution < -0.4 is 10.5 Å². The summed E-state index contributed by atoms with van der Waals surface area (Å²) < 4.78 is 5.17.